The van der Waals surface area contributed by atoms with Crippen LogP contribution in [-0.2, 0) is 4.74 Å². The van der Waals surface area contributed by atoms with E-state index in [0.29, 0.717) is 0 Å². The van der Waals surface area contributed by atoms with Crippen LogP contribution in [0, 0.1) is 6.61 Å². The monoisotopic (exact) mass is 283 g/mol. The number of hydrogen-bond acceptors (Lipinski definition) is 1. The maximum atomic E-state index is 5.50. The summed E-state index contributed by atoms with van der Waals surface area (Å²) in [6.45, 7) is 7.47. The van der Waals surface area contributed by atoms with Crippen LogP contribution in [-0.4, -0.2) is 6.61 Å². The summed E-state index contributed by atoms with van der Waals surface area (Å²) in [5.41, 5.74) is 0. The minimum Gasteiger partial charge on any atom is -0.376 e. The molecule has 0 fully saturated rings. The topological polar surface area (TPSA) is 9.23 Å². The quantitative estimate of drug-likeness (QED) is 0.260. The Balaban J connectivity index is 2.89. The van der Waals surface area contributed by atoms with Gasteiger partial charge in [-0.15, -0.1) is 0 Å². The van der Waals surface area contributed by atoms with E-state index >= 15 is 0 Å². The first-order valence-electron chi connectivity index (χ1n) is 9.35. The van der Waals surface area contributed by atoms with Crippen LogP contribution in [0.2, 0.25) is 0 Å². The molecule has 1 heteroatoms. The second-order valence-corrected chi connectivity index (χ2v) is 6.07. The molecule has 0 spiro atoms. The number of ether oxygens (including phenoxy) is 1. The van der Waals surface area contributed by atoms with Crippen LogP contribution < -0.4 is 0 Å². The zero-order valence-electron chi connectivity index (χ0n) is 14.3. The van der Waals surface area contributed by atoms with Crippen molar-refractivity contribution < 1.29 is 4.74 Å². The largest absolute Gasteiger partial charge is 0.376 e. The highest BCUT2D eigenvalue weighted by molar-refractivity contribution is 4.53. The molecule has 0 aromatic carbocycles. The Morgan fingerprint density at radius 3 is 1.55 bits per heavy atom. The molecule has 121 valence electrons. The molecule has 1 nitrogen and oxygen atoms in total. The van der Waals surface area contributed by atoms with Gasteiger partial charge in [-0.1, -0.05) is 97.3 Å². The molecule has 0 aliphatic rings. The zero-order valence-corrected chi connectivity index (χ0v) is 14.3. The SMILES string of the molecule is CCCCCCCCCCCCC[CH]OCCCCC. The van der Waals surface area contributed by atoms with Crippen molar-refractivity contribution in [2.45, 2.75) is 110 Å². The van der Waals surface area contributed by atoms with E-state index in [0.717, 1.165) is 13.0 Å². The van der Waals surface area contributed by atoms with E-state index in [1.54, 1.807) is 0 Å². The van der Waals surface area contributed by atoms with Gasteiger partial charge in [0.1, 0.15) is 0 Å². The highest BCUT2D eigenvalue weighted by Gasteiger charge is 1.94. The molecule has 0 aliphatic heterocycles. The van der Waals surface area contributed by atoms with Gasteiger partial charge < -0.3 is 4.74 Å². The standard InChI is InChI=1S/C19H39O/c1-3-5-7-8-9-10-11-12-13-14-15-17-19-20-18-16-6-4-2/h19H,3-18H2,1-2H3. The molecule has 0 heterocycles. The Labute approximate surface area is 128 Å². The fraction of sp³-hybridized carbons (Fsp3) is 0.947. The zero-order chi connectivity index (χ0) is 14.7. The second-order valence-electron chi connectivity index (χ2n) is 6.07. The summed E-state index contributed by atoms with van der Waals surface area (Å²) in [5.74, 6) is 0. The number of rotatable bonds is 17. The summed E-state index contributed by atoms with van der Waals surface area (Å²) in [4.78, 5) is 0. The Kier molecular flexibility index (Phi) is 18.9. The van der Waals surface area contributed by atoms with Gasteiger partial charge in [-0.05, 0) is 12.8 Å². The van der Waals surface area contributed by atoms with Crippen LogP contribution in [0.4, 0.5) is 0 Å². The fourth-order valence-electron chi connectivity index (χ4n) is 2.49. The number of hydrogen-bond donors (Lipinski definition) is 0. The van der Waals surface area contributed by atoms with Gasteiger partial charge in [-0.3, -0.25) is 0 Å². The molecule has 0 saturated heterocycles. The van der Waals surface area contributed by atoms with Gasteiger partial charge in [-0.2, -0.15) is 0 Å². The van der Waals surface area contributed by atoms with Crippen molar-refractivity contribution in [1.82, 2.24) is 0 Å². The van der Waals surface area contributed by atoms with Gasteiger partial charge >= 0.3 is 0 Å². The minimum atomic E-state index is 0.922. The van der Waals surface area contributed by atoms with E-state index in [4.69, 9.17) is 4.74 Å². The van der Waals surface area contributed by atoms with Gasteiger partial charge in [0.05, 0.1) is 6.61 Å². The average Bonchev–Trinajstić information content (AvgIpc) is 2.47. The van der Waals surface area contributed by atoms with E-state index < -0.39 is 0 Å². The van der Waals surface area contributed by atoms with Gasteiger partial charge in [-0.25, -0.2) is 0 Å². The predicted molar refractivity (Wildman–Crippen MR) is 90.9 cm³/mol. The first kappa shape index (κ1) is 20.0. The maximum absolute atomic E-state index is 5.50. The lowest BCUT2D eigenvalue weighted by atomic mass is 10.1. The second kappa shape index (κ2) is 19.0. The predicted octanol–water partition coefficient (Wildman–Crippen LogP) is 7.06. The van der Waals surface area contributed by atoms with Gasteiger partial charge in [0.2, 0.25) is 0 Å². The lowest BCUT2D eigenvalue weighted by molar-refractivity contribution is 0.184. The molecular formula is C19H39O. The summed E-state index contributed by atoms with van der Waals surface area (Å²) >= 11 is 0. The third kappa shape index (κ3) is 18.0. The van der Waals surface area contributed by atoms with Gasteiger partial charge in [0.15, 0.2) is 0 Å². The lowest BCUT2D eigenvalue weighted by Gasteiger charge is -2.04. The lowest BCUT2D eigenvalue weighted by Crippen LogP contribution is -1.92. The summed E-state index contributed by atoms with van der Waals surface area (Å²) in [7, 11) is 0. The molecule has 0 N–H and O–H groups in total. The smallest absolute Gasteiger partial charge is 0.0836 e. The molecule has 0 saturated carbocycles. The van der Waals surface area contributed by atoms with Crippen molar-refractivity contribution in [1.29, 1.82) is 0 Å². The average molecular weight is 284 g/mol. The molecule has 0 aliphatic carbocycles. The van der Waals surface area contributed by atoms with Crippen molar-refractivity contribution in [2.24, 2.45) is 0 Å². The van der Waals surface area contributed by atoms with Crippen molar-refractivity contribution >= 4 is 0 Å². The summed E-state index contributed by atoms with van der Waals surface area (Å²) in [5, 5.41) is 0. The summed E-state index contributed by atoms with van der Waals surface area (Å²) in [6, 6.07) is 0. The van der Waals surface area contributed by atoms with E-state index in [1.807, 2.05) is 6.61 Å². The van der Waals surface area contributed by atoms with Crippen LogP contribution >= 0.6 is 0 Å². The van der Waals surface area contributed by atoms with Crippen LogP contribution in [0.15, 0.2) is 0 Å². The molecule has 20 heavy (non-hydrogen) atoms. The Hall–Kier alpha value is -0.0400. The third-order valence-corrected chi connectivity index (χ3v) is 3.91. The first-order chi connectivity index (χ1) is 9.91. The molecule has 0 amide bonds. The summed E-state index contributed by atoms with van der Waals surface area (Å²) in [6.07, 6.45) is 20.5. The highest BCUT2D eigenvalue weighted by Crippen LogP contribution is 2.12. The Morgan fingerprint density at radius 2 is 1.00 bits per heavy atom. The minimum absolute atomic E-state index is 0.922. The first-order valence-corrected chi connectivity index (χ1v) is 9.35. The molecule has 1 radical (unpaired) electrons. The van der Waals surface area contributed by atoms with Crippen molar-refractivity contribution in [3.05, 3.63) is 6.61 Å². The molecule has 0 bridgehead atoms. The van der Waals surface area contributed by atoms with Crippen molar-refractivity contribution in [3.63, 3.8) is 0 Å². The van der Waals surface area contributed by atoms with E-state index in [2.05, 4.69) is 13.8 Å². The molecule has 0 unspecified atom stereocenters. The van der Waals surface area contributed by atoms with Crippen LogP contribution in [0.1, 0.15) is 110 Å². The number of unbranched alkanes of at least 4 members (excludes halogenated alkanes) is 13. The fourth-order valence-corrected chi connectivity index (χ4v) is 2.49. The van der Waals surface area contributed by atoms with E-state index in [9.17, 15) is 0 Å². The van der Waals surface area contributed by atoms with E-state index in [-0.39, 0.29) is 0 Å². The molecule has 0 rings (SSSR count). The maximum Gasteiger partial charge on any atom is 0.0836 e. The Bertz CT molecular complexity index is 138. The molecule has 0 atom stereocenters. The van der Waals surface area contributed by atoms with Crippen LogP contribution in [0.25, 0.3) is 0 Å². The van der Waals surface area contributed by atoms with Crippen LogP contribution in [0.3, 0.4) is 0 Å². The van der Waals surface area contributed by atoms with Crippen LogP contribution in [0.5, 0.6) is 0 Å². The van der Waals surface area contributed by atoms with Gasteiger partial charge in [0.25, 0.3) is 0 Å². The molecule has 0 aromatic rings. The van der Waals surface area contributed by atoms with Crippen molar-refractivity contribution in [2.75, 3.05) is 6.61 Å². The summed E-state index contributed by atoms with van der Waals surface area (Å²) < 4.78 is 5.50. The Morgan fingerprint density at radius 1 is 0.550 bits per heavy atom. The highest BCUT2D eigenvalue weighted by atomic mass is 16.5. The normalized spacial score (nSPS) is 11.1. The third-order valence-electron chi connectivity index (χ3n) is 3.91. The van der Waals surface area contributed by atoms with Crippen molar-refractivity contribution in [3.8, 4) is 0 Å². The molecular weight excluding hydrogens is 244 g/mol. The molecule has 0 aromatic heterocycles. The van der Waals surface area contributed by atoms with Gasteiger partial charge in [0, 0.05) is 6.61 Å². The van der Waals surface area contributed by atoms with E-state index in [1.165, 1.54) is 89.9 Å².